The molecule has 224 valence electrons. The van der Waals surface area contributed by atoms with Gasteiger partial charge >= 0.3 is 0 Å². The number of hydrogen-bond acceptors (Lipinski definition) is 3. The fraction of sp³-hybridized carbons (Fsp3) is 0. The average Bonchev–Trinajstić information content (AvgIpc) is 3.69. The second kappa shape index (κ2) is 10.6. The van der Waals surface area contributed by atoms with Gasteiger partial charge in [-0.05, 0) is 82.3 Å². The molecule has 7 aromatic carbocycles. The third kappa shape index (κ3) is 4.03. The standard InChI is InChI=1S/C44H29BN2O/c1-5-15-30(16-6-1)31-25-26-36-38-28-35(46(32-17-7-2-8-18-32)33-19-9-3-10-20-33)29-40-42(38)45(39(36)27-31)43-37-23-13-14-24-41(37)48-44(43)47(40)34-21-11-4-12-22-34/h1-29H. The van der Waals surface area contributed by atoms with Crippen molar-refractivity contribution in [2.24, 2.45) is 0 Å². The second-order valence-corrected chi connectivity index (χ2v) is 12.5. The van der Waals surface area contributed by atoms with Gasteiger partial charge in [-0.15, -0.1) is 0 Å². The molecule has 0 saturated carbocycles. The van der Waals surface area contributed by atoms with Gasteiger partial charge in [0.25, 0.3) is 6.71 Å². The fourth-order valence-electron chi connectivity index (χ4n) is 7.82. The number of hydrogen-bond donors (Lipinski definition) is 0. The zero-order valence-electron chi connectivity index (χ0n) is 26.1. The Kier molecular flexibility index (Phi) is 5.97. The highest BCUT2D eigenvalue weighted by atomic mass is 16.4. The molecule has 0 fully saturated rings. The Hall–Kier alpha value is -6.26. The zero-order chi connectivity index (χ0) is 31.6. The maximum atomic E-state index is 6.88. The van der Waals surface area contributed by atoms with E-state index in [9.17, 15) is 0 Å². The molecule has 0 amide bonds. The SMILES string of the molecule is c1ccc(-c2ccc3c(c2)B2c4c-3cc(N(c3ccccc3)c3ccccc3)cc4N(c3ccccc3)c3oc4ccccc4c32)cc1. The van der Waals surface area contributed by atoms with Gasteiger partial charge in [-0.2, -0.15) is 0 Å². The van der Waals surface area contributed by atoms with Crippen LogP contribution in [0.15, 0.2) is 180 Å². The predicted molar refractivity (Wildman–Crippen MR) is 201 cm³/mol. The molecule has 1 aromatic heterocycles. The van der Waals surface area contributed by atoms with Crippen LogP contribution in [0.4, 0.5) is 34.3 Å². The third-order valence-corrected chi connectivity index (χ3v) is 9.84. The van der Waals surface area contributed by atoms with Crippen molar-refractivity contribution in [2.45, 2.75) is 0 Å². The summed E-state index contributed by atoms with van der Waals surface area (Å²) in [4.78, 5) is 4.70. The minimum atomic E-state index is 0.0308. The maximum Gasteiger partial charge on any atom is 0.253 e. The minimum Gasteiger partial charge on any atom is -0.440 e. The summed E-state index contributed by atoms with van der Waals surface area (Å²) >= 11 is 0. The minimum absolute atomic E-state index is 0.0308. The van der Waals surface area contributed by atoms with Crippen molar-refractivity contribution in [2.75, 3.05) is 9.80 Å². The highest BCUT2D eigenvalue weighted by Crippen LogP contribution is 2.47. The third-order valence-electron chi connectivity index (χ3n) is 9.84. The highest BCUT2D eigenvalue weighted by Gasteiger charge is 2.46. The lowest BCUT2D eigenvalue weighted by Crippen LogP contribution is -2.54. The lowest BCUT2D eigenvalue weighted by atomic mass is 9.37. The number of fused-ring (bicyclic) bond motifs is 7. The lowest BCUT2D eigenvalue weighted by molar-refractivity contribution is 0.623. The number of furan rings is 1. The molecule has 0 radical (unpaired) electrons. The number of rotatable bonds is 5. The summed E-state index contributed by atoms with van der Waals surface area (Å²) in [6.07, 6.45) is 0. The van der Waals surface area contributed by atoms with E-state index in [1.807, 2.05) is 0 Å². The van der Waals surface area contributed by atoms with Crippen molar-refractivity contribution in [3.05, 3.63) is 176 Å². The molecule has 8 aromatic rings. The number of anilines is 6. The summed E-state index contributed by atoms with van der Waals surface area (Å²) in [6.45, 7) is 0.0308. The topological polar surface area (TPSA) is 19.6 Å². The molecule has 48 heavy (non-hydrogen) atoms. The highest BCUT2D eigenvalue weighted by molar-refractivity contribution is 7.02. The first kappa shape index (κ1) is 26.9. The normalized spacial score (nSPS) is 12.5. The van der Waals surface area contributed by atoms with Crippen LogP contribution < -0.4 is 26.2 Å². The largest absolute Gasteiger partial charge is 0.440 e. The quantitative estimate of drug-likeness (QED) is 0.181. The first-order valence-corrected chi connectivity index (χ1v) is 16.5. The maximum absolute atomic E-state index is 6.88. The van der Waals surface area contributed by atoms with E-state index in [-0.39, 0.29) is 6.71 Å². The van der Waals surface area contributed by atoms with E-state index < -0.39 is 0 Å². The molecule has 0 saturated heterocycles. The fourth-order valence-corrected chi connectivity index (χ4v) is 7.82. The number of para-hydroxylation sites is 4. The van der Waals surface area contributed by atoms with Crippen molar-refractivity contribution in [1.29, 1.82) is 0 Å². The van der Waals surface area contributed by atoms with Crippen molar-refractivity contribution in [3.8, 4) is 22.3 Å². The Bertz CT molecular complexity index is 2420. The summed E-state index contributed by atoms with van der Waals surface area (Å²) in [7, 11) is 0. The van der Waals surface area contributed by atoms with Gasteiger partial charge in [0.15, 0.2) is 0 Å². The van der Waals surface area contributed by atoms with E-state index in [0.29, 0.717) is 0 Å². The van der Waals surface area contributed by atoms with Gasteiger partial charge in [0, 0.05) is 39.3 Å². The van der Waals surface area contributed by atoms with Crippen molar-refractivity contribution in [1.82, 2.24) is 0 Å². The summed E-state index contributed by atoms with van der Waals surface area (Å²) in [5.41, 5.74) is 15.3. The van der Waals surface area contributed by atoms with Gasteiger partial charge in [-0.25, -0.2) is 0 Å². The Balaban J connectivity index is 1.31. The molecule has 0 unspecified atom stereocenters. The van der Waals surface area contributed by atoms with Gasteiger partial charge < -0.3 is 9.32 Å². The van der Waals surface area contributed by atoms with Crippen molar-refractivity contribution < 1.29 is 4.42 Å². The summed E-state index contributed by atoms with van der Waals surface area (Å²) < 4.78 is 6.88. The molecule has 2 aliphatic heterocycles. The Morgan fingerprint density at radius 3 is 1.81 bits per heavy atom. The van der Waals surface area contributed by atoms with E-state index in [1.54, 1.807) is 0 Å². The van der Waals surface area contributed by atoms with Crippen LogP contribution >= 0.6 is 0 Å². The van der Waals surface area contributed by atoms with Crippen LogP contribution in [0.2, 0.25) is 0 Å². The molecule has 0 bridgehead atoms. The molecule has 4 heteroatoms. The smallest absolute Gasteiger partial charge is 0.253 e. The molecule has 2 aliphatic rings. The van der Waals surface area contributed by atoms with E-state index in [1.165, 1.54) is 38.6 Å². The Labute approximate surface area is 280 Å². The van der Waals surface area contributed by atoms with Gasteiger partial charge in [0.2, 0.25) is 5.88 Å². The molecule has 10 rings (SSSR count). The Morgan fingerprint density at radius 1 is 0.479 bits per heavy atom. The molecule has 3 heterocycles. The van der Waals surface area contributed by atoms with E-state index in [2.05, 4.69) is 186 Å². The average molecular weight is 613 g/mol. The van der Waals surface area contributed by atoms with Crippen molar-refractivity contribution in [3.63, 3.8) is 0 Å². The second-order valence-electron chi connectivity index (χ2n) is 12.5. The van der Waals surface area contributed by atoms with Crippen LogP contribution in [-0.2, 0) is 0 Å². The van der Waals surface area contributed by atoms with Gasteiger partial charge in [-0.1, -0.05) is 127 Å². The van der Waals surface area contributed by atoms with E-state index in [0.717, 1.165) is 45.3 Å². The molecule has 0 spiro atoms. The number of nitrogens with zero attached hydrogens (tertiary/aromatic N) is 2. The zero-order valence-corrected chi connectivity index (χ0v) is 26.1. The summed E-state index contributed by atoms with van der Waals surface area (Å²) in [5.74, 6) is 0.881. The lowest BCUT2D eigenvalue weighted by Gasteiger charge is -2.34. The van der Waals surface area contributed by atoms with Gasteiger partial charge in [-0.3, -0.25) is 4.90 Å². The van der Waals surface area contributed by atoms with E-state index in [4.69, 9.17) is 4.42 Å². The molecular weight excluding hydrogens is 583 g/mol. The molecule has 0 N–H and O–H groups in total. The van der Waals surface area contributed by atoms with Crippen molar-refractivity contribution >= 4 is 68.4 Å². The van der Waals surface area contributed by atoms with Crippen LogP contribution in [0.25, 0.3) is 33.2 Å². The predicted octanol–water partition coefficient (Wildman–Crippen LogP) is 9.85. The van der Waals surface area contributed by atoms with Crippen LogP contribution in [0.1, 0.15) is 0 Å². The summed E-state index contributed by atoms with van der Waals surface area (Å²) in [5, 5.41) is 1.16. The van der Waals surface area contributed by atoms with Gasteiger partial charge in [0.1, 0.15) is 5.58 Å². The summed E-state index contributed by atoms with van der Waals surface area (Å²) in [6, 6.07) is 62.9. The molecular formula is C44H29BN2O. The Morgan fingerprint density at radius 2 is 1.10 bits per heavy atom. The van der Waals surface area contributed by atoms with E-state index >= 15 is 0 Å². The molecule has 3 nitrogen and oxygen atoms in total. The van der Waals surface area contributed by atoms with Crippen LogP contribution in [-0.4, -0.2) is 6.71 Å². The van der Waals surface area contributed by atoms with Crippen LogP contribution in [0.3, 0.4) is 0 Å². The molecule has 0 atom stereocenters. The number of benzene rings is 7. The van der Waals surface area contributed by atoms with Gasteiger partial charge in [0.05, 0.1) is 0 Å². The molecule has 0 aliphatic carbocycles. The monoisotopic (exact) mass is 612 g/mol. The first-order valence-electron chi connectivity index (χ1n) is 16.5. The van der Waals surface area contributed by atoms with Crippen LogP contribution in [0.5, 0.6) is 0 Å². The van der Waals surface area contributed by atoms with Crippen LogP contribution in [0, 0.1) is 0 Å². The first-order chi connectivity index (χ1) is 23.8.